The molecule has 27 heavy (non-hydrogen) atoms. The van der Waals surface area contributed by atoms with Gasteiger partial charge in [-0.15, -0.1) is 0 Å². The molecule has 136 valence electrons. The third-order valence-electron chi connectivity index (χ3n) is 6.00. The van der Waals surface area contributed by atoms with Gasteiger partial charge in [-0.25, -0.2) is 4.98 Å². The summed E-state index contributed by atoms with van der Waals surface area (Å²) < 4.78 is 2.50. The third-order valence-corrected chi connectivity index (χ3v) is 7.06. The summed E-state index contributed by atoms with van der Waals surface area (Å²) in [5, 5.41) is 4.31. The molecule has 0 saturated heterocycles. The molecule has 2 fully saturated rings. The van der Waals surface area contributed by atoms with E-state index >= 15 is 0 Å². The zero-order valence-corrected chi connectivity index (χ0v) is 15.4. The Hall–Kier alpha value is -2.74. The number of hydrogen-bond acceptors (Lipinski definition) is 6. The first-order valence-corrected chi connectivity index (χ1v) is 10.1. The van der Waals surface area contributed by atoms with Crippen molar-refractivity contribution < 1.29 is 0 Å². The smallest absolute Gasteiger partial charge is 0.275 e. The molecule has 0 radical (unpaired) electrons. The van der Waals surface area contributed by atoms with Gasteiger partial charge in [0.25, 0.3) is 11.5 Å². The van der Waals surface area contributed by atoms with Crippen LogP contribution >= 0.6 is 11.5 Å². The Labute approximate surface area is 158 Å². The lowest BCUT2D eigenvalue weighted by atomic mass is 9.95. The quantitative estimate of drug-likeness (QED) is 0.571. The third kappa shape index (κ3) is 2.32. The fourth-order valence-electron chi connectivity index (χ4n) is 4.72. The van der Waals surface area contributed by atoms with Crippen LogP contribution in [-0.4, -0.2) is 29.9 Å². The Balaban J connectivity index is 1.48. The van der Waals surface area contributed by atoms with E-state index in [1.807, 2.05) is 24.3 Å². The number of imidazole rings is 1. The molecule has 0 spiro atoms. The van der Waals surface area contributed by atoms with Gasteiger partial charge in [0.15, 0.2) is 11.5 Å². The number of H-pyrrole nitrogens is 1. The van der Waals surface area contributed by atoms with Crippen molar-refractivity contribution in [2.45, 2.75) is 31.7 Å². The van der Waals surface area contributed by atoms with Gasteiger partial charge >= 0.3 is 0 Å². The van der Waals surface area contributed by atoms with Crippen LogP contribution in [0.3, 0.4) is 0 Å². The first-order valence-electron chi connectivity index (χ1n) is 9.35. The molecule has 2 saturated carbocycles. The predicted octanol–water partition coefficient (Wildman–Crippen LogP) is 3.32. The van der Waals surface area contributed by atoms with Crippen LogP contribution in [0.5, 0.6) is 0 Å². The molecule has 4 aromatic rings. The number of fused-ring (bicyclic) bond motifs is 4. The van der Waals surface area contributed by atoms with Gasteiger partial charge in [0.05, 0.1) is 16.4 Å². The van der Waals surface area contributed by atoms with Crippen molar-refractivity contribution in [3.63, 3.8) is 0 Å². The zero-order valence-electron chi connectivity index (χ0n) is 14.6. The van der Waals surface area contributed by atoms with Gasteiger partial charge in [-0.1, -0.05) is 18.6 Å². The molecule has 3 heterocycles. The van der Waals surface area contributed by atoms with Gasteiger partial charge in [0, 0.05) is 6.04 Å². The Bertz CT molecular complexity index is 1220. The average molecular weight is 378 g/mol. The highest BCUT2D eigenvalue weighted by molar-refractivity contribution is 7.14. The second-order valence-corrected chi connectivity index (χ2v) is 8.57. The van der Waals surface area contributed by atoms with Crippen LogP contribution in [0.4, 0.5) is 5.82 Å². The van der Waals surface area contributed by atoms with Crippen LogP contribution in [0.1, 0.15) is 25.7 Å². The molecule has 1 aromatic carbocycles. The molecule has 6 rings (SSSR count). The van der Waals surface area contributed by atoms with E-state index < -0.39 is 0 Å². The Morgan fingerprint density at radius 1 is 1.19 bits per heavy atom. The zero-order chi connectivity index (χ0) is 18.0. The second kappa shape index (κ2) is 5.63. The van der Waals surface area contributed by atoms with Gasteiger partial charge in [-0.2, -0.15) is 13.9 Å². The van der Waals surface area contributed by atoms with Crippen molar-refractivity contribution >= 4 is 38.6 Å². The summed E-state index contributed by atoms with van der Waals surface area (Å²) in [6, 6.07) is 8.03. The van der Waals surface area contributed by atoms with E-state index in [0.29, 0.717) is 23.0 Å². The maximum absolute atomic E-state index is 12.8. The summed E-state index contributed by atoms with van der Waals surface area (Å²) in [6.45, 7) is 0. The lowest BCUT2D eigenvalue weighted by Crippen LogP contribution is -2.27. The van der Waals surface area contributed by atoms with E-state index in [0.717, 1.165) is 27.9 Å². The minimum absolute atomic E-state index is 0.0830. The van der Waals surface area contributed by atoms with E-state index in [1.165, 1.54) is 37.2 Å². The van der Waals surface area contributed by atoms with Crippen LogP contribution in [0.15, 0.2) is 35.4 Å². The Morgan fingerprint density at radius 2 is 2.11 bits per heavy atom. The average Bonchev–Trinajstić information content (AvgIpc) is 3.45. The largest absolute Gasteiger partial charge is 0.365 e. The molecule has 8 heteroatoms. The molecule has 2 aliphatic rings. The fourth-order valence-corrected chi connectivity index (χ4v) is 5.65. The van der Waals surface area contributed by atoms with Gasteiger partial charge in [-0.05, 0) is 54.8 Å². The summed E-state index contributed by atoms with van der Waals surface area (Å²) in [5.74, 6) is 2.67. The number of aromatic nitrogens is 5. The monoisotopic (exact) mass is 378 g/mol. The normalized spacial score (nSPS) is 24.2. The molecule has 2 N–H and O–H groups in total. The lowest BCUT2D eigenvalue weighted by molar-refractivity contribution is 0.439. The summed E-state index contributed by atoms with van der Waals surface area (Å²) in [4.78, 5) is 29.5. The highest BCUT2D eigenvalue weighted by Gasteiger charge is 2.39. The molecule has 3 unspecified atom stereocenters. The molecule has 0 aliphatic heterocycles. The SMILES string of the molecule is O=c1c2ccccc2sn1-c1nc(NC2CC3CCC2C3)c2nc[nH]c2n1. The number of anilines is 1. The minimum Gasteiger partial charge on any atom is -0.365 e. The van der Waals surface area contributed by atoms with Crippen LogP contribution in [0.25, 0.3) is 27.2 Å². The van der Waals surface area contributed by atoms with Crippen LogP contribution in [-0.2, 0) is 0 Å². The van der Waals surface area contributed by atoms with Crippen molar-refractivity contribution in [1.82, 2.24) is 23.9 Å². The molecule has 2 bridgehead atoms. The number of benzene rings is 1. The van der Waals surface area contributed by atoms with E-state index in [9.17, 15) is 4.79 Å². The Kier molecular flexibility index (Phi) is 3.19. The fraction of sp³-hybridized carbons (Fsp3) is 0.368. The number of aromatic amines is 1. The van der Waals surface area contributed by atoms with Gasteiger partial charge in [0.2, 0.25) is 0 Å². The molecular weight excluding hydrogens is 360 g/mol. The summed E-state index contributed by atoms with van der Waals surface area (Å²) in [7, 11) is 0. The summed E-state index contributed by atoms with van der Waals surface area (Å²) >= 11 is 1.37. The van der Waals surface area contributed by atoms with Gasteiger partial charge < -0.3 is 10.3 Å². The number of nitrogens with zero attached hydrogens (tertiary/aromatic N) is 4. The Morgan fingerprint density at radius 3 is 2.93 bits per heavy atom. The standard InChI is InChI=1S/C19H18N6OS/c26-18-12-3-1-2-4-14(12)27-25(18)19-23-16-15(20-9-21-16)17(24-19)22-13-8-10-5-6-11(13)7-10/h1-4,9-11,13H,5-8H2,(H2,20,21,22,23,24). The minimum atomic E-state index is -0.0830. The van der Waals surface area contributed by atoms with Crippen molar-refractivity contribution in [2.24, 2.45) is 11.8 Å². The summed E-state index contributed by atoms with van der Waals surface area (Å²) in [5.41, 5.74) is 1.30. The van der Waals surface area contributed by atoms with Crippen LogP contribution < -0.4 is 10.9 Å². The molecule has 3 atom stereocenters. The number of hydrogen-bond donors (Lipinski definition) is 2. The van der Waals surface area contributed by atoms with Gasteiger partial charge in [0.1, 0.15) is 5.52 Å². The molecule has 0 amide bonds. The van der Waals surface area contributed by atoms with Crippen molar-refractivity contribution in [3.05, 3.63) is 40.9 Å². The predicted molar refractivity (Wildman–Crippen MR) is 106 cm³/mol. The molecule has 3 aromatic heterocycles. The second-order valence-electron chi connectivity index (χ2n) is 7.58. The highest BCUT2D eigenvalue weighted by Crippen LogP contribution is 2.45. The summed E-state index contributed by atoms with van der Waals surface area (Å²) in [6.07, 6.45) is 6.78. The van der Waals surface area contributed by atoms with Crippen molar-refractivity contribution in [3.8, 4) is 5.95 Å². The molecule has 7 nitrogen and oxygen atoms in total. The van der Waals surface area contributed by atoms with E-state index in [1.54, 1.807) is 10.3 Å². The topological polar surface area (TPSA) is 88.5 Å². The highest BCUT2D eigenvalue weighted by atomic mass is 32.1. The maximum atomic E-state index is 12.8. The molecule has 2 aliphatic carbocycles. The van der Waals surface area contributed by atoms with Crippen LogP contribution in [0.2, 0.25) is 0 Å². The number of rotatable bonds is 3. The lowest BCUT2D eigenvalue weighted by Gasteiger charge is -2.23. The molecular formula is C19H18N6OS. The van der Waals surface area contributed by atoms with E-state index in [-0.39, 0.29) is 5.56 Å². The van der Waals surface area contributed by atoms with Gasteiger partial charge in [-0.3, -0.25) is 4.79 Å². The van der Waals surface area contributed by atoms with E-state index in [4.69, 9.17) is 4.98 Å². The van der Waals surface area contributed by atoms with Crippen molar-refractivity contribution in [2.75, 3.05) is 5.32 Å². The van der Waals surface area contributed by atoms with Crippen molar-refractivity contribution in [1.29, 1.82) is 0 Å². The number of nitrogens with one attached hydrogen (secondary N) is 2. The first kappa shape index (κ1) is 15.3. The van der Waals surface area contributed by atoms with Crippen LogP contribution in [0, 0.1) is 11.8 Å². The van der Waals surface area contributed by atoms with E-state index in [2.05, 4.69) is 20.3 Å². The first-order chi connectivity index (χ1) is 13.3. The maximum Gasteiger partial charge on any atom is 0.275 e.